The van der Waals surface area contributed by atoms with Gasteiger partial charge in [0.2, 0.25) is 0 Å². The molecule has 0 bridgehead atoms. The highest BCUT2D eigenvalue weighted by molar-refractivity contribution is 5.34. The second-order valence-electron chi connectivity index (χ2n) is 6.27. The Morgan fingerprint density at radius 3 is 2.86 bits per heavy atom. The van der Waals surface area contributed by atoms with Gasteiger partial charge in [-0.2, -0.15) is 0 Å². The van der Waals surface area contributed by atoms with E-state index in [1.54, 1.807) is 12.1 Å². The number of non-ortho nitro benzene ring substituents is 1. The van der Waals surface area contributed by atoms with Crippen molar-refractivity contribution in [3.05, 3.63) is 39.9 Å². The summed E-state index contributed by atoms with van der Waals surface area (Å²) < 4.78 is 0. The van der Waals surface area contributed by atoms with Gasteiger partial charge in [0.25, 0.3) is 5.69 Å². The van der Waals surface area contributed by atoms with Crippen LogP contribution in [0.25, 0.3) is 0 Å². The molecule has 1 aromatic carbocycles. The van der Waals surface area contributed by atoms with E-state index in [1.807, 2.05) is 6.07 Å². The molecular formula is C16H22N2O3. The molecule has 2 aliphatic rings. The van der Waals surface area contributed by atoms with Crippen LogP contribution >= 0.6 is 0 Å². The molecule has 1 heterocycles. The predicted octanol–water partition coefficient (Wildman–Crippen LogP) is 2.72. The first-order valence-electron chi connectivity index (χ1n) is 7.80. The minimum Gasteiger partial charge on any atom is -0.393 e. The van der Waals surface area contributed by atoms with Crippen molar-refractivity contribution in [2.75, 3.05) is 6.54 Å². The number of hydrogen-bond acceptors (Lipinski definition) is 4. The average molecular weight is 290 g/mol. The van der Waals surface area contributed by atoms with Gasteiger partial charge in [-0.25, -0.2) is 0 Å². The predicted molar refractivity (Wildman–Crippen MR) is 79.9 cm³/mol. The summed E-state index contributed by atoms with van der Waals surface area (Å²) in [6, 6.07) is 7.34. The second-order valence-corrected chi connectivity index (χ2v) is 6.27. The third kappa shape index (κ3) is 3.09. The Morgan fingerprint density at radius 2 is 2.14 bits per heavy atom. The molecule has 3 unspecified atom stereocenters. The van der Waals surface area contributed by atoms with E-state index >= 15 is 0 Å². The van der Waals surface area contributed by atoms with Gasteiger partial charge in [-0.05, 0) is 37.8 Å². The number of likely N-dealkylation sites (tertiary alicyclic amines) is 1. The van der Waals surface area contributed by atoms with Crippen molar-refractivity contribution >= 4 is 5.69 Å². The first kappa shape index (κ1) is 14.5. The lowest BCUT2D eigenvalue weighted by Gasteiger charge is -2.31. The number of aliphatic hydroxyl groups excluding tert-OH is 1. The van der Waals surface area contributed by atoms with E-state index in [4.69, 9.17) is 0 Å². The molecule has 1 aliphatic heterocycles. The van der Waals surface area contributed by atoms with E-state index < -0.39 is 0 Å². The highest BCUT2D eigenvalue weighted by Crippen LogP contribution is 2.36. The summed E-state index contributed by atoms with van der Waals surface area (Å²) in [5.41, 5.74) is 1.15. The van der Waals surface area contributed by atoms with Crippen LogP contribution in [0.1, 0.15) is 37.7 Å². The maximum Gasteiger partial charge on any atom is 0.269 e. The van der Waals surface area contributed by atoms with E-state index in [-0.39, 0.29) is 16.7 Å². The molecule has 0 radical (unpaired) electrons. The van der Waals surface area contributed by atoms with Crippen molar-refractivity contribution in [3.8, 4) is 0 Å². The normalized spacial score (nSPS) is 29.9. The summed E-state index contributed by atoms with van der Waals surface area (Å²) in [4.78, 5) is 12.9. The Morgan fingerprint density at radius 1 is 1.29 bits per heavy atom. The quantitative estimate of drug-likeness (QED) is 0.684. The van der Waals surface area contributed by atoms with E-state index in [9.17, 15) is 15.2 Å². The molecule has 2 fully saturated rings. The van der Waals surface area contributed by atoms with Crippen LogP contribution < -0.4 is 0 Å². The standard InChI is InChI=1S/C16H22N2O3/c19-16-8-2-6-14(16)15-7-3-9-17(15)11-12-4-1-5-13(10-12)18(20)21/h1,4-5,10,14-16,19H,2-3,6-9,11H2. The summed E-state index contributed by atoms with van der Waals surface area (Å²) in [6.07, 6.45) is 5.27. The molecule has 0 amide bonds. The molecule has 0 aromatic heterocycles. The Hall–Kier alpha value is -1.46. The molecule has 3 rings (SSSR count). The third-order valence-electron chi connectivity index (χ3n) is 4.95. The van der Waals surface area contributed by atoms with Crippen LogP contribution in [0, 0.1) is 16.0 Å². The maximum atomic E-state index is 10.9. The summed E-state index contributed by atoms with van der Waals surface area (Å²) in [7, 11) is 0. The lowest BCUT2D eigenvalue weighted by atomic mass is 9.94. The van der Waals surface area contributed by atoms with E-state index in [0.29, 0.717) is 12.0 Å². The number of benzene rings is 1. The SMILES string of the molecule is O=[N+]([O-])c1cccc(CN2CCCC2C2CCCC2O)c1. The van der Waals surface area contributed by atoms with Crippen molar-refractivity contribution in [3.63, 3.8) is 0 Å². The highest BCUT2D eigenvalue weighted by Gasteiger charge is 2.38. The third-order valence-corrected chi connectivity index (χ3v) is 4.95. The zero-order valence-corrected chi connectivity index (χ0v) is 12.1. The highest BCUT2D eigenvalue weighted by atomic mass is 16.6. The van der Waals surface area contributed by atoms with Crippen molar-refractivity contribution < 1.29 is 10.0 Å². The maximum absolute atomic E-state index is 10.9. The molecule has 21 heavy (non-hydrogen) atoms. The number of hydrogen-bond donors (Lipinski definition) is 1. The van der Waals surface area contributed by atoms with Crippen molar-refractivity contribution in [2.24, 2.45) is 5.92 Å². The fraction of sp³-hybridized carbons (Fsp3) is 0.625. The number of nitrogens with zero attached hydrogens (tertiary/aromatic N) is 2. The first-order valence-corrected chi connectivity index (χ1v) is 7.80. The van der Waals surface area contributed by atoms with Gasteiger partial charge in [0.1, 0.15) is 0 Å². The fourth-order valence-electron chi connectivity index (χ4n) is 3.95. The number of nitro groups is 1. The molecule has 0 spiro atoms. The second kappa shape index (κ2) is 6.12. The van der Waals surface area contributed by atoms with Gasteiger partial charge in [-0.15, -0.1) is 0 Å². The van der Waals surface area contributed by atoms with Crippen LogP contribution in [0.15, 0.2) is 24.3 Å². The summed E-state index contributed by atoms with van der Waals surface area (Å²) >= 11 is 0. The molecule has 5 heteroatoms. The van der Waals surface area contributed by atoms with Crippen LogP contribution in [0.4, 0.5) is 5.69 Å². The summed E-state index contributed by atoms with van der Waals surface area (Å²) in [6.45, 7) is 1.77. The first-order chi connectivity index (χ1) is 10.1. The van der Waals surface area contributed by atoms with Crippen LogP contribution in [-0.2, 0) is 6.54 Å². The van der Waals surface area contributed by atoms with Gasteiger partial charge >= 0.3 is 0 Å². The van der Waals surface area contributed by atoms with Crippen LogP contribution in [0.2, 0.25) is 0 Å². The van der Waals surface area contributed by atoms with Gasteiger partial charge in [-0.3, -0.25) is 15.0 Å². The molecule has 1 aliphatic carbocycles. The topological polar surface area (TPSA) is 66.6 Å². The largest absolute Gasteiger partial charge is 0.393 e. The Kier molecular flexibility index (Phi) is 4.22. The van der Waals surface area contributed by atoms with Gasteiger partial charge in [0.15, 0.2) is 0 Å². The van der Waals surface area contributed by atoms with Crippen LogP contribution in [-0.4, -0.2) is 33.6 Å². The molecule has 114 valence electrons. The van der Waals surface area contributed by atoms with Gasteiger partial charge < -0.3 is 5.11 Å². The zero-order valence-electron chi connectivity index (χ0n) is 12.1. The van der Waals surface area contributed by atoms with Crippen molar-refractivity contribution in [1.29, 1.82) is 0 Å². The molecule has 1 saturated heterocycles. The Labute approximate surface area is 124 Å². The fourth-order valence-corrected chi connectivity index (χ4v) is 3.95. The monoisotopic (exact) mass is 290 g/mol. The van der Waals surface area contributed by atoms with Crippen molar-refractivity contribution in [2.45, 2.75) is 50.8 Å². The van der Waals surface area contributed by atoms with E-state index in [1.165, 1.54) is 6.07 Å². The minimum absolute atomic E-state index is 0.157. The molecular weight excluding hydrogens is 268 g/mol. The van der Waals surface area contributed by atoms with Crippen LogP contribution in [0.5, 0.6) is 0 Å². The van der Waals surface area contributed by atoms with Crippen molar-refractivity contribution in [1.82, 2.24) is 4.90 Å². The molecule has 1 saturated carbocycles. The van der Waals surface area contributed by atoms with Gasteiger partial charge in [0, 0.05) is 30.6 Å². The van der Waals surface area contributed by atoms with E-state index in [0.717, 1.165) is 50.8 Å². The lowest BCUT2D eigenvalue weighted by Crippen LogP contribution is -2.38. The Balaban J connectivity index is 1.71. The van der Waals surface area contributed by atoms with Gasteiger partial charge in [-0.1, -0.05) is 18.6 Å². The average Bonchev–Trinajstić information content (AvgIpc) is 3.07. The Bertz CT molecular complexity index is 520. The molecule has 3 atom stereocenters. The molecule has 1 N–H and O–H groups in total. The number of rotatable bonds is 4. The summed E-state index contributed by atoms with van der Waals surface area (Å²) in [5.74, 6) is 0.381. The molecule has 5 nitrogen and oxygen atoms in total. The van der Waals surface area contributed by atoms with Gasteiger partial charge in [0.05, 0.1) is 11.0 Å². The minimum atomic E-state index is -0.342. The summed E-state index contributed by atoms with van der Waals surface area (Å²) in [5, 5.41) is 21.0. The van der Waals surface area contributed by atoms with Crippen LogP contribution in [0.3, 0.4) is 0 Å². The smallest absolute Gasteiger partial charge is 0.269 e. The zero-order chi connectivity index (χ0) is 14.8. The lowest BCUT2D eigenvalue weighted by molar-refractivity contribution is -0.384. The number of aliphatic hydroxyl groups is 1. The number of nitro benzene ring substituents is 1. The van der Waals surface area contributed by atoms with E-state index in [2.05, 4.69) is 4.90 Å². The molecule has 1 aromatic rings.